The van der Waals surface area contributed by atoms with Crippen molar-refractivity contribution in [2.24, 2.45) is 23.5 Å². The highest BCUT2D eigenvalue weighted by Gasteiger charge is 2.52. The molecule has 3 nitrogen and oxygen atoms in total. The van der Waals surface area contributed by atoms with E-state index in [4.69, 9.17) is 10.8 Å². The number of hydrogen-bond acceptors (Lipinski definition) is 2. The SMILES string of the molecule is CCc1c(CN)cnn1C12CC3CC(CC(C3)C1)C2. The molecule has 0 amide bonds. The van der Waals surface area contributed by atoms with E-state index in [1.807, 2.05) is 6.20 Å². The molecule has 0 radical (unpaired) electrons. The van der Waals surface area contributed by atoms with Gasteiger partial charge in [-0.05, 0) is 62.7 Å². The summed E-state index contributed by atoms with van der Waals surface area (Å²) in [6, 6.07) is 0. The first-order chi connectivity index (χ1) is 9.24. The third kappa shape index (κ3) is 1.63. The Kier molecular flexibility index (Phi) is 2.57. The van der Waals surface area contributed by atoms with Crippen molar-refractivity contribution >= 4 is 0 Å². The second-order valence-electron chi connectivity index (χ2n) is 7.23. The molecule has 104 valence electrons. The fourth-order valence-corrected chi connectivity index (χ4v) is 5.69. The summed E-state index contributed by atoms with van der Waals surface area (Å²) in [6.07, 6.45) is 11.7. The molecule has 5 rings (SSSR count). The van der Waals surface area contributed by atoms with Crippen LogP contribution in [0, 0.1) is 17.8 Å². The van der Waals surface area contributed by atoms with Crippen LogP contribution in [-0.4, -0.2) is 9.78 Å². The highest BCUT2D eigenvalue weighted by Crippen LogP contribution is 2.58. The molecule has 1 heterocycles. The Hall–Kier alpha value is -0.830. The molecule has 0 spiro atoms. The Morgan fingerprint density at radius 3 is 2.26 bits per heavy atom. The van der Waals surface area contributed by atoms with E-state index in [1.165, 1.54) is 49.8 Å². The molecule has 4 saturated carbocycles. The molecule has 0 aliphatic heterocycles. The average molecular weight is 259 g/mol. The molecule has 4 bridgehead atoms. The molecule has 4 aliphatic rings. The van der Waals surface area contributed by atoms with Crippen LogP contribution in [0.3, 0.4) is 0 Å². The van der Waals surface area contributed by atoms with Gasteiger partial charge in [-0.3, -0.25) is 4.68 Å². The molecule has 4 fully saturated rings. The summed E-state index contributed by atoms with van der Waals surface area (Å²) in [6.45, 7) is 2.88. The van der Waals surface area contributed by atoms with Crippen LogP contribution in [0.2, 0.25) is 0 Å². The zero-order valence-electron chi connectivity index (χ0n) is 11.9. The molecule has 1 aromatic rings. The van der Waals surface area contributed by atoms with Crippen LogP contribution in [0.1, 0.15) is 56.7 Å². The van der Waals surface area contributed by atoms with Gasteiger partial charge in [0, 0.05) is 17.8 Å². The van der Waals surface area contributed by atoms with Gasteiger partial charge in [0.15, 0.2) is 0 Å². The monoisotopic (exact) mass is 259 g/mol. The van der Waals surface area contributed by atoms with E-state index in [9.17, 15) is 0 Å². The van der Waals surface area contributed by atoms with E-state index >= 15 is 0 Å². The van der Waals surface area contributed by atoms with Crippen molar-refractivity contribution in [1.29, 1.82) is 0 Å². The van der Waals surface area contributed by atoms with Crippen molar-refractivity contribution in [3.05, 3.63) is 17.5 Å². The predicted octanol–water partition coefficient (Wildman–Crippen LogP) is 2.83. The van der Waals surface area contributed by atoms with Crippen LogP contribution in [0.15, 0.2) is 6.20 Å². The smallest absolute Gasteiger partial charge is 0.0638 e. The molecule has 0 atom stereocenters. The van der Waals surface area contributed by atoms with Gasteiger partial charge < -0.3 is 5.73 Å². The second kappa shape index (κ2) is 4.08. The van der Waals surface area contributed by atoms with Crippen LogP contribution in [0.5, 0.6) is 0 Å². The third-order valence-electron chi connectivity index (χ3n) is 5.97. The van der Waals surface area contributed by atoms with Gasteiger partial charge in [-0.15, -0.1) is 0 Å². The summed E-state index contributed by atoms with van der Waals surface area (Å²) in [7, 11) is 0. The zero-order chi connectivity index (χ0) is 13.0. The average Bonchev–Trinajstić information content (AvgIpc) is 2.80. The maximum atomic E-state index is 5.88. The molecule has 0 unspecified atom stereocenters. The second-order valence-corrected chi connectivity index (χ2v) is 7.23. The van der Waals surface area contributed by atoms with Crippen molar-refractivity contribution < 1.29 is 0 Å². The summed E-state index contributed by atoms with van der Waals surface area (Å²) in [5.41, 5.74) is 8.90. The summed E-state index contributed by atoms with van der Waals surface area (Å²) in [5, 5.41) is 4.78. The van der Waals surface area contributed by atoms with E-state index < -0.39 is 0 Å². The van der Waals surface area contributed by atoms with Gasteiger partial charge in [0.1, 0.15) is 0 Å². The Morgan fingerprint density at radius 1 is 1.21 bits per heavy atom. The van der Waals surface area contributed by atoms with Crippen molar-refractivity contribution in [3.8, 4) is 0 Å². The Bertz CT molecular complexity index is 453. The summed E-state index contributed by atoms with van der Waals surface area (Å²) in [5.74, 6) is 2.92. The van der Waals surface area contributed by atoms with Crippen LogP contribution in [0.4, 0.5) is 0 Å². The number of nitrogens with two attached hydrogens (primary N) is 1. The Morgan fingerprint density at radius 2 is 1.79 bits per heavy atom. The van der Waals surface area contributed by atoms with Crippen LogP contribution in [-0.2, 0) is 18.5 Å². The molecular formula is C16H25N3. The molecular weight excluding hydrogens is 234 g/mol. The van der Waals surface area contributed by atoms with Gasteiger partial charge in [-0.1, -0.05) is 6.92 Å². The number of hydrogen-bond donors (Lipinski definition) is 1. The minimum absolute atomic E-state index is 0.355. The lowest BCUT2D eigenvalue weighted by Gasteiger charge is -2.57. The van der Waals surface area contributed by atoms with Crippen LogP contribution < -0.4 is 5.73 Å². The first-order valence-corrected chi connectivity index (χ1v) is 8.00. The topological polar surface area (TPSA) is 43.8 Å². The summed E-state index contributed by atoms with van der Waals surface area (Å²) >= 11 is 0. The van der Waals surface area contributed by atoms with Gasteiger partial charge in [0.05, 0.1) is 11.7 Å². The first-order valence-electron chi connectivity index (χ1n) is 8.00. The van der Waals surface area contributed by atoms with Crippen LogP contribution >= 0.6 is 0 Å². The zero-order valence-corrected chi connectivity index (χ0v) is 11.9. The van der Waals surface area contributed by atoms with Crippen molar-refractivity contribution in [2.75, 3.05) is 0 Å². The predicted molar refractivity (Wildman–Crippen MR) is 75.6 cm³/mol. The van der Waals surface area contributed by atoms with Crippen molar-refractivity contribution in [2.45, 2.75) is 64.0 Å². The maximum absolute atomic E-state index is 5.88. The molecule has 0 aromatic carbocycles. The molecule has 2 N–H and O–H groups in total. The summed E-state index contributed by atoms with van der Waals surface area (Å²) in [4.78, 5) is 0. The van der Waals surface area contributed by atoms with Crippen molar-refractivity contribution in [1.82, 2.24) is 9.78 Å². The molecule has 0 saturated heterocycles. The van der Waals surface area contributed by atoms with Gasteiger partial charge in [0.25, 0.3) is 0 Å². The molecule has 4 aliphatic carbocycles. The highest BCUT2D eigenvalue weighted by atomic mass is 15.3. The molecule has 1 aromatic heterocycles. The van der Waals surface area contributed by atoms with E-state index in [1.54, 1.807) is 0 Å². The van der Waals surface area contributed by atoms with Gasteiger partial charge >= 0.3 is 0 Å². The third-order valence-corrected chi connectivity index (χ3v) is 5.97. The largest absolute Gasteiger partial charge is 0.326 e. The Balaban J connectivity index is 1.77. The number of rotatable bonds is 3. The van der Waals surface area contributed by atoms with Gasteiger partial charge in [-0.25, -0.2) is 0 Å². The quantitative estimate of drug-likeness (QED) is 0.907. The van der Waals surface area contributed by atoms with Gasteiger partial charge in [0.2, 0.25) is 0 Å². The number of nitrogens with zero attached hydrogens (tertiary/aromatic N) is 2. The fraction of sp³-hybridized carbons (Fsp3) is 0.812. The van der Waals surface area contributed by atoms with E-state index in [2.05, 4.69) is 11.6 Å². The fourth-order valence-electron chi connectivity index (χ4n) is 5.69. The minimum Gasteiger partial charge on any atom is -0.326 e. The summed E-state index contributed by atoms with van der Waals surface area (Å²) < 4.78 is 2.42. The lowest BCUT2D eigenvalue weighted by atomic mass is 9.53. The van der Waals surface area contributed by atoms with E-state index in [0.29, 0.717) is 12.1 Å². The van der Waals surface area contributed by atoms with E-state index in [-0.39, 0.29) is 0 Å². The first kappa shape index (κ1) is 12.0. The lowest BCUT2D eigenvalue weighted by Crippen LogP contribution is -2.52. The number of aromatic nitrogens is 2. The lowest BCUT2D eigenvalue weighted by molar-refractivity contribution is -0.0507. The van der Waals surface area contributed by atoms with Crippen molar-refractivity contribution in [3.63, 3.8) is 0 Å². The standard InChI is InChI=1S/C16H25N3/c1-2-15-14(9-17)10-18-19(15)16-6-11-3-12(7-16)5-13(4-11)8-16/h10-13H,2-9,17H2,1H3. The van der Waals surface area contributed by atoms with Gasteiger partial charge in [-0.2, -0.15) is 5.10 Å². The maximum Gasteiger partial charge on any atom is 0.0638 e. The molecule has 3 heteroatoms. The van der Waals surface area contributed by atoms with E-state index in [0.717, 1.165) is 24.2 Å². The van der Waals surface area contributed by atoms with Crippen LogP contribution in [0.25, 0.3) is 0 Å². The molecule has 19 heavy (non-hydrogen) atoms. The highest BCUT2D eigenvalue weighted by molar-refractivity contribution is 5.21. The normalized spacial score (nSPS) is 40.0. The minimum atomic E-state index is 0.355. The Labute approximate surface area is 115 Å².